The van der Waals surface area contributed by atoms with Crippen LogP contribution in [-0.2, 0) is 11.8 Å². The number of aromatic nitrogens is 3. The molecule has 1 aliphatic heterocycles. The highest BCUT2D eigenvalue weighted by Gasteiger charge is 2.29. The third kappa shape index (κ3) is 4.52. The third-order valence-electron chi connectivity index (χ3n) is 5.44. The fourth-order valence-corrected chi connectivity index (χ4v) is 4.01. The van der Waals surface area contributed by atoms with Crippen LogP contribution >= 0.6 is 0 Å². The van der Waals surface area contributed by atoms with E-state index in [4.69, 9.17) is 9.72 Å². The van der Waals surface area contributed by atoms with Crippen molar-refractivity contribution >= 4 is 11.6 Å². The number of rotatable bonds is 6. The Labute approximate surface area is 176 Å². The van der Waals surface area contributed by atoms with Crippen molar-refractivity contribution in [3.05, 3.63) is 60.2 Å². The normalized spacial score (nSPS) is 16.6. The van der Waals surface area contributed by atoms with Crippen LogP contribution in [0.1, 0.15) is 30.3 Å². The summed E-state index contributed by atoms with van der Waals surface area (Å²) >= 11 is 0. The molecule has 156 valence electrons. The van der Waals surface area contributed by atoms with Crippen LogP contribution in [-0.4, -0.2) is 45.8 Å². The lowest BCUT2D eigenvalue weighted by molar-refractivity contribution is -0.117. The summed E-state index contributed by atoms with van der Waals surface area (Å²) in [5.74, 6) is 0.745. The van der Waals surface area contributed by atoms with Crippen LogP contribution < -0.4 is 10.1 Å². The van der Waals surface area contributed by atoms with Gasteiger partial charge in [-0.05, 0) is 68.3 Å². The molecule has 4 rings (SSSR count). The molecule has 1 atom stereocenters. The predicted molar refractivity (Wildman–Crippen MR) is 116 cm³/mol. The number of aryl methyl sites for hydroxylation is 2. The molecule has 7 heteroatoms. The van der Waals surface area contributed by atoms with Crippen LogP contribution in [0.15, 0.2) is 48.8 Å². The number of likely N-dealkylation sites (tertiary alicyclic amines) is 1. The minimum absolute atomic E-state index is 0.0211. The second-order valence-electron chi connectivity index (χ2n) is 7.73. The Morgan fingerprint density at radius 2 is 2.03 bits per heavy atom. The molecule has 0 aliphatic carbocycles. The Morgan fingerprint density at radius 1 is 1.23 bits per heavy atom. The molecule has 30 heavy (non-hydrogen) atoms. The first kappa shape index (κ1) is 20.1. The molecule has 1 aromatic carbocycles. The van der Waals surface area contributed by atoms with Gasteiger partial charge in [-0.2, -0.15) is 5.10 Å². The van der Waals surface area contributed by atoms with Crippen LogP contribution in [0.2, 0.25) is 0 Å². The maximum absolute atomic E-state index is 12.6. The van der Waals surface area contributed by atoms with Gasteiger partial charge in [-0.15, -0.1) is 0 Å². The van der Waals surface area contributed by atoms with E-state index in [1.54, 1.807) is 11.8 Å². The number of pyridine rings is 1. The molecule has 2 aromatic heterocycles. The summed E-state index contributed by atoms with van der Waals surface area (Å²) in [6, 6.07) is 11.7. The zero-order valence-electron chi connectivity index (χ0n) is 17.6. The number of methoxy groups -OCH3 is 1. The summed E-state index contributed by atoms with van der Waals surface area (Å²) < 4.78 is 6.97. The molecule has 1 N–H and O–H groups in total. The van der Waals surface area contributed by atoms with Crippen molar-refractivity contribution < 1.29 is 9.53 Å². The average Bonchev–Trinajstić information content (AvgIpc) is 3.37. The number of amides is 1. The summed E-state index contributed by atoms with van der Waals surface area (Å²) in [4.78, 5) is 19.7. The maximum atomic E-state index is 12.6. The van der Waals surface area contributed by atoms with Crippen molar-refractivity contribution in [1.29, 1.82) is 0 Å². The van der Waals surface area contributed by atoms with Gasteiger partial charge in [0.25, 0.3) is 0 Å². The van der Waals surface area contributed by atoms with Gasteiger partial charge in [-0.1, -0.05) is 0 Å². The number of carbonyl (C=O) groups excluding carboxylic acids is 1. The fourth-order valence-electron chi connectivity index (χ4n) is 4.01. The lowest BCUT2D eigenvalue weighted by atomic mass is 10.0. The topological polar surface area (TPSA) is 72.3 Å². The monoisotopic (exact) mass is 405 g/mol. The number of nitrogens with one attached hydrogen (secondary N) is 1. The minimum Gasteiger partial charge on any atom is -0.497 e. The third-order valence-corrected chi connectivity index (χ3v) is 5.44. The first-order valence-electron chi connectivity index (χ1n) is 10.2. The van der Waals surface area contributed by atoms with Gasteiger partial charge >= 0.3 is 0 Å². The molecule has 1 amide bonds. The number of nitrogens with zero attached hydrogens (tertiary/aromatic N) is 4. The van der Waals surface area contributed by atoms with Crippen molar-refractivity contribution in [2.75, 3.05) is 25.5 Å². The SMILES string of the molecule is COc1ccc(NC(=O)CN2CCCC2c2cc(-c3cnn(C)c3)cc(C)n2)cc1. The Kier molecular flexibility index (Phi) is 5.81. The minimum atomic E-state index is -0.0211. The van der Waals surface area contributed by atoms with Crippen LogP contribution in [0.25, 0.3) is 11.1 Å². The smallest absolute Gasteiger partial charge is 0.238 e. The van der Waals surface area contributed by atoms with Crippen molar-refractivity contribution in [2.24, 2.45) is 7.05 Å². The van der Waals surface area contributed by atoms with Gasteiger partial charge in [-0.3, -0.25) is 19.4 Å². The van der Waals surface area contributed by atoms with Gasteiger partial charge in [0.15, 0.2) is 0 Å². The molecular formula is C23H27N5O2. The zero-order valence-corrected chi connectivity index (χ0v) is 17.6. The van der Waals surface area contributed by atoms with Crippen molar-refractivity contribution in [2.45, 2.75) is 25.8 Å². The molecule has 1 unspecified atom stereocenters. The lowest BCUT2D eigenvalue weighted by Crippen LogP contribution is -2.33. The van der Waals surface area contributed by atoms with Crippen LogP contribution in [0.4, 0.5) is 5.69 Å². The Morgan fingerprint density at radius 3 is 2.73 bits per heavy atom. The standard InChI is InChI=1S/C23H27N5O2/c1-16-11-17(18-13-24-27(2)14-18)12-21(25-16)22-5-4-10-28(22)15-23(29)26-19-6-8-20(30-3)9-7-19/h6-9,11-14,22H,4-5,10,15H2,1-3H3,(H,26,29). The molecule has 1 fully saturated rings. The van der Waals surface area contributed by atoms with Gasteiger partial charge in [0.05, 0.1) is 31.6 Å². The number of hydrogen-bond acceptors (Lipinski definition) is 5. The summed E-state index contributed by atoms with van der Waals surface area (Å²) in [6.07, 6.45) is 5.93. The van der Waals surface area contributed by atoms with E-state index in [0.29, 0.717) is 6.54 Å². The second-order valence-corrected chi connectivity index (χ2v) is 7.73. The van der Waals surface area contributed by atoms with Crippen molar-refractivity contribution in [3.8, 4) is 16.9 Å². The van der Waals surface area contributed by atoms with Crippen molar-refractivity contribution in [1.82, 2.24) is 19.7 Å². The molecule has 3 heterocycles. The van der Waals surface area contributed by atoms with E-state index in [9.17, 15) is 4.79 Å². The van der Waals surface area contributed by atoms with Gasteiger partial charge in [0, 0.05) is 30.2 Å². The van der Waals surface area contributed by atoms with Gasteiger partial charge < -0.3 is 10.1 Å². The molecule has 3 aromatic rings. The van der Waals surface area contributed by atoms with Crippen LogP contribution in [0.5, 0.6) is 5.75 Å². The quantitative estimate of drug-likeness (QED) is 0.679. The van der Waals surface area contributed by atoms with Gasteiger partial charge in [-0.25, -0.2) is 0 Å². The van der Waals surface area contributed by atoms with E-state index in [2.05, 4.69) is 27.4 Å². The molecule has 0 spiro atoms. The zero-order chi connectivity index (χ0) is 21.1. The molecule has 1 saturated heterocycles. The summed E-state index contributed by atoms with van der Waals surface area (Å²) in [7, 11) is 3.54. The lowest BCUT2D eigenvalue weighted by Gasteiger charge is -2.24. The molecule has 0 bridgehead atoms. The van der Waals surface area contributed by atoms with E-state index in [-0.39, 0.29) is 11.9 Å². The first-order chi connectivity index (χ1) is 14.5. The van der Waals surface area contributed by atoms with Gasteiger partial charge in [0.1, 0.15) is 5.75 Å². The summed E-state index contributed by atoms with van der Waals surface area (Å²) in [5, 5.41) is 7.26. The Balaban J connectivity index is 1.48. The summed E-state index contributed by atoms with van der Waals surface area (Å²) in [5.41, 5.74) is 4.94. The average molecular weight is 406 g/mol. The van der Waals surface area contributed by atoms with E-state index < -0.39 is 0 Å². The molecule has 0 radical (unpaired) electrons. The van der Waals surface area contributed by atoms with E-state index in [1.165, 1.54) is 0 Å². The largest absolute Gasteiger partial charge is 0.497 e. The highest BCUT2D eigenvalue weighted by Crippen LogP contribution is 2.33. The van der Waals surface area contributed by atoms with Crippen molar-refractivity contribution in [3.63, 3.8) is 0 Å². The number of ether oxygens (including phenoxy) is 1. The number of anilines is 1. The Hall–Kier alpha value is -3.19. The highest BCUT2D eigenvalue weighted by atomic mass is 16.5. The summed E-state index contributed by atoms with van der Waals surface area (Å²) in [6.45, 7) is 3.24. The Bertz CT molecular complexity index is 1030. The fraction of sp³-hybridized carbons (Fsp3) is 0.348. The van der Waals surface area contributed by atoms with Crippen LogP contribution in [0, 0.1) is 6.92 Å². The molecule has 1 aliphatic rings. The van der Waals surface area contributed by atoms with Gasteiger partial charge in [0.2, 0.25) is 5.91 Å². The van der Waals surface area contributed by atoms with Crippen LogP contribution in [0.3, 0.4) is 0 Å². The van der Waals surface area contributed by atoms with E-state index in [1.807, 2.05) is 50.6 Å². The molecule has 7 nitrogen and oxygen atoms in total. The molecular weight excluding hydrogens is 378 g/mol. The number of benzene rings is 1. The number of hydrogen-bond donors (Lipinski definition) is 1. The maximum Gasteiger partial charge on any atom is 0.238 e. The first-order valence-corrected chi connectivity index (χ1v) is 10.2. The molecule has 0 saturated carbocycles. The van der Waals surface area contributed by atoms with E-state index >= 15 is 0 Å². The van der Waals surface area contributed by atoms with E-state index in [0.717, 1.165) is 53.3 Å². The predicted octanol–water partition coefficient (Wildman–Crippen LogP) is 3.57. The number of carbonyl (C=O) groups is 1. The highest BCUT2D eigenvalue weighted by molar-refractivity contribution is 5.92. The second kappa shape index (κ2) is 8.67.